The molecule has 5 nitrogen and oxygen atoms in total. The van der Waals surface area contributed by atoms with E-state index in [-0.39, 0.29) is 24.0 Å². The number of aliphatic imine (C=N–C) groups is 1. The molecule has 1 aliphatic carbocycles. The molecule has 0 radical (unpaired) electrons. The first-order chi connectivity index (χ1) is 12.4. The first kappa shape index (κ1) is 24.0. The van der Waals surface area contributed by atoms with Gasteiger partial charge in [-0.3, -0.25) is 9.89 Å². The molecule has 0 bridgehead atoms. The predicted molar refractivity (Wildman–Crippen MR) is 112 cm³/mol. The second-order valence-electron chi connectivity index (χ2n) is 6.31. The predicted octanol–water partition coefficient (Wildman–Crippen LogP) is 3.10. The molecule has 1 fully saturated rings. The van der Waals surface area contributed by atoms with Gasteiger partial charge in [0, 0.05) is 46.4 Å². The zero-order valence-electron chi connectivity index (χ0n) is 15.7. The average molecular weight is 500 g/mol. The van der Waals surface area contributed by atoms with Crippen LogP contribution in [0.15, 0.2) is 29.3 Å². The highest BCUT2D eigenvalue weighted by Crippen LogP contribution is 2.29. The lowest BCUT2D eigenvalue weighted by molar-refractivity contribution is -0.137. The number of halogens is 4. The van der Waals surface area contributed by atoms with Crippen LogP contribution < -0.4 is 10.6 Å². The van der Waals surface area contributed by atoms with E-state index in [1.807, 2.05) is 0 Å². The van der Waals surface area contributed by atoms with Crippen LogP contribution in [0.2, 0.25) is 0 Å². The third-order valence-electron chi connectivity index (χ3n) is 4.30. The number of ether oxygens (including phenoxy) is 1. The third kappa shape index (κ3) is 8.65. The van der Waals surface area contributed by atoms with Crippen molar-refractivity contribution >= 4 is 29.9 Å². The van der Waals surface area contributed by atoms with E-state index in [4.69, 9.17) is 4.74 Å². The molecule has 0 aromatic heterocycles. The Hall–Kier alpha value is -1.07. The normalized spacial score (nSPS) is 14.8. The average Bonchev–Trinajstić information content (AvgIpc) is 3.45. The van der Waals surface area contributed by atoms with Crippen LogP contribution in [0.25, 0.3) is 0 Å². The Morgan fingerprint density at radius 2 is 1.85 bits per heavy atom. The summed E-state index contributed by atoms with van der Waals surface area (Å²) in [4.78, 5) is 6.55. The highest BCUT2D eigenvalue weighted by Gasteiger charge is 2.30. The van der Waals surface area contributed by atoms with Crippen LogP contribution in [0, 0.1) is 0 Å². The maximum atomic E-state index is 12.6. The highest BCUT2D eigenvalue weighted by molar-refractivity contribution is 14.0. The van der Waals surface area contributed by atoms with Crippen LogP contribution in [-0.2, 0) is 17.5 Å². The van der Waals surface area contributed by atoms with Gasteiger partial charge in [-0.2, -0.15) is 13.2 Å². The summed E-state index contributed by atoms with van der Waals surface area (Å²) >= 11 is 0. The lowest BCUT2D eigenvalue weighted by Crippen LogP contribution is -2.42. The molecule has 0 amide bonds. The van der Waals surface area contributed by atoms with Crippen LogP contribution in [0.3, 0.4) is 0 Å². The van der Waals surface area contributed by atoms with Gasteiger partial charge in [-0.25, -0.2) is 0 Å². The molecular formula is C18H28F3IN4O. The van der Waals surface area contributed by atoms with Crippen LogP contribution in [-0.4, -0.2) is 57.3 Å². The quantitative estimate of drug-likeness (QED) is 0.311. The summed E-state index contributed by atoms with van der Waals surface area (Å²) in [6.45, 7) is 3.69. The summed E-state index contributed by atoms with van der Waals surface area (Å²) in [7, 11) is 3.38. The van der Waals surface area contributed by atoms with Crippen LogP contribution in [0.5, 0.6) is 0 Å². The van der Waals surface area contributed by atoms with E-state index in [0.29, 0.717) is 18.5 Å². The summed E-state index contributed by atoms with van der Waals surface area (Å²) in [5.41, 5.74) is 0.126. The highest BCUT2D eigenvalue weighted by atomic mass is 127. The molecule has 2 N–H and O–H groups in total. The van der Waals surface area contributed by atoms with Gasteiger partial charge in [-0.15, -0.1) is 24.0 Å². The van der Waals surface area contributed by atoms with Crippen LogP contribution in [0.1, 0.15) is 24.0 Å². The Labute approximate surface area is 175 Å². The van der Waals surface area contributed by atoms with Crippen molar-refractivity contribution < 1.29 is 17.9 Å². The standard InChI is InChI=1S/C18H27F3N4O.HI/c1-22-17(23-9-10-25(11-12-26-2)16-7-8-16)24-13-14-3-5-15(6-4-14)18(19,20)21;/h3-6,16H,7-13H2,1-2H3,(H2,22,23,24);1H. The first-order valence-electron chi connectivity index (χ1n) is 8.77. The largest absolute Gasteiger partial charge is 0.416 e. The Bertz CT molecular complexity index is 577. The minimum Gasteiger partial charge on any atom is -0.383 e. The smallest absolute Gasteiger partial charge is 0.383 e. The zero-order chi connectivity index (χ0) is 19.0. The Balaban J connectivity index is 0.00000364. The number of hydrogen-bond acceptors (Lipinski definition) is 3. The molecule has 0 spiro atoms. The fourth-order valence-corrected chi connectivity index (χ4v) is 2.66. The lowest BCUT2D eigenvalue weighted by atomic mass is 10.1. The number of nitrogens with zero attached hydrogens (tertiary/aromatic N) is 2. The van der Waals surface area contributed by atoms with Gasteiger partial charge in [0.2, 0.25) is 0 Å². The first-order valence-corrected chi connectivity index (χ1v) is 8.77. The van der Waals surface area contributed by atoms with Gasteiger partial charge in [0.1, 0.15) is 0 Å². The minimum absolute atomic E-state index is 0. The topological polar surface area (TPSA) is 48.9 Å². The molecule has 154 valence electrons. The molecule has 0 atom stereocenters. The number of rotatable bonds is 9. The van der Waals surface area contributed by atoms with E-state index >= 15 is 0 Å². The number of guanidine groups is 1. The van der Waals surface area contributed by atoms with Gasteiger partial charge in [0.15, 0.2) is 5.96 Å². The molecular weight excluding hydrogens is 472 g/mol. The van der Waals surface area contributed by atoms with Crippen molar-refractivity contribution in [1.29, 1.82) is 0 Å². The molecule has 1 aromatic carbocycles. The Morgan fingerprint density at radius 1 is 1.19 bits per heavy atom. The number of alkyl halides is 3. The van der Waals surface area contributed by atoms with Crippen molar-refractivity contribution in [3.05, 3.63) is 35.4 Å². The molecule has 0 heterocycles. The number of nitrogens with one attached hydrogen (secondary N) is 2. The number of methoxy groups -OCH3 is 1. The van der Waals surface area contributed by atoms with Gasteiger partial charge in [-0.1, -0.05) is 12.1 Å². The zero-order valence-corrected chi connectivity index (χ0v) is 18.0. The second-order valence-corrected chi connectivity index (χ2v) is 6.31. The summed E-state index contributed by atoms with van der Waals surface area (Å²) in [6, 6.07) is 5.80. The van der Waals surface area contributed by atoms with Gasteiger partial charge in [-0.05, 0) is 30.5 Å². The summed E-state index contributed by atoms with van der Waals surface area (Å²) in [6.07, 6.45) is -1.82. The van der Waals surface area contributed by atoms with Gasteiger partial charge < -0.3 is 15.4 Å². The van der Waals surface area contributed by atoms with Crippen molar-refractivity contribution in [2.24, 2.45) is 4.99 Å². The molecule has 1 aromatic rings. The fourth-order valence-electron chi connectivity index (χ4n) is 2.66. The van der Waals surface area contributed by atoms with E-state index in [0.717, 1.165) is 43.9 Å². The maximum absolute atomic E-state index is 12.6. The second kappa shape index (κ2) is 11.7. The van der Waals surface area contributed by atoms with Crippen LogP contribution >= 0.6 is 24.0 Å². The van der Waals surface area contributed by atoms with Crippen molar-refractivity contribution in [2.75, 3.05) is 40.4 Å². The van der Waals surface area contributed by atoms with Crippen molar-refractivity contribution in [3.8, 4) is 0 Å². The van der Waals surface area contributed by atoms with E-state index in [2.05, 4.69) is 20.5 Å². The fraction of sp³-hybridized carbons (Fsp3) is 0.611. The van der Waals surface area contributed by atoms with E-state index in [9.17, 15) is 13.2 Å². The van der Waals surface area contributed by atoms with E-state index in [1.54, 1.807) is 14.2 Å². The maximum Gasteiger partial charge on any atom is 0.416 e. The summed E-state index contributed by atoms with van der Waals surface area (Å²) < 4.78 is 42.9. The summed E-state index contributed by atoms with van der Waals surface area (Å²) in [5.74, 6) is 0.632. The molecule has 1 aliphatic rings. The van der Waals surface area contributed by atoms with Crippen molar-refractivity contribution in [3.63, 3.8) is 0 Å². The monoisotopic (exact) mass is 500 g/mol. The molecule has 0 saturated heterocycles. The van der Waals surface area contributed by atoms with E-state index < -0.39 is 11.7 Å². The van der Waals surface area contributed by atoms with Crippen molar-refractivity contribution in [1.82, 2.24) is 15.5 Å². The lowest BCUT2D eigenvalue weighted by Gasteiger charge is -2.22. The van der Waals surface area contributed by atoms with Gasteiger partial charge >= 0.3 is 6.18 Å². The number of benzene rings is 1. The summed E-state index contributed by atoms with van der Waals surface area (Å²) in [5, 5.41) is 6.36. The third-order valence-corrected chi connectivity index (χ3v) is 4.30. The Morgan fingerprint density at radius 3 is 2.37 bits per heavy atom. The van der Waals surface area contributed by atoms with Gasteiger partial charge in [0.25, 0.3) is 0 Å². The van der Waals surface area contributed by atoms with Crippen molar-refractivity contribution in [2.45, 2.75) is 31.6 Å². The number of hydrogen-bond donors (Lipinski definition) is 2. The van der Waals surface area contributed by atoms with Gasteiger partial charge in [0.05, 0.1) is 12.2 Å². The molecule has 0 unspecified atom stereocenters. The minimum atomic E-state index is -4.31. The van der Waals surface area contributed by atoms with Crippen LogP contribution in [0.4, 0.5) is 13.2 Å². The molecule has 0 aliphatic heterocycles. The SMILES string of the molecule is CN=C(NCCN(CCOC)C1CC1)NCc1ccc(C(F)(F)F)cc1.I. The molecule has 2 rings (SSSR count). The Kier molecular flexibility index (Phi) is 10.4. The molecule has 27 heavy (non-hydrogen) atoms. The molecule has 1 saturated carbocycles. The molecule has 9 heteroatoms. The van der Waals surface area contributed by atoms with E-state index in [1.165, 1.54) is 25.0 Å².